The lowest BCUT2D eigenvalue weighted by molar-refractivity contribution is 0.171. The molecule has 118 valence electrons. The Balaban J connectivity index is 2.09. The van der Waals surface area contributed by atoms with Gasteiger partial charge in [-0.25, -0.2) is 0 Å². The average molecular weight is 313 g/mol. The standard InChI is InChI=1S/C17H36OSi2/c1-6-7-8-9-10-11-12-13-14-17-15-16-19(2,3)20(4,5)18-17/h6-7,17H,8-16H2,1-5H3. The van der Waals surface area contributed by atoms with Gasteiger partial charge in [-0.1, -0.05) is 57.0 Å². The Kier molecular flexibility index (Phi) is 7.77. The van der Waals surface area contributed by atoms with E-state index in [1.165, 1.54) is 57.4 Å². The molecule has 0 aromatic rings. The molecule has 0 aliphatic carbocycles. The van der Waals surface area contributed by atoms with Crippen molar-refractivity contribution in [3.05, 3.63) is 12.2 Å². The second kappa shape index (κ2) is 8.55. The molecule has 0 bridgehead atoms. The lowest BCUT2D eigenvalue weighted by atomic mass is 10.1. The van der Waals surface area contributed by atoms with Crippen LogP contribution in [0.4, 0.5) is 0 Å². The molecule has 0 aromatic heterocycles. The van der Waals surface area contributed by atoms with Gasteiger partial charge < -0.3 is 4.43 Å². The third-order valence-electron chi connectivity index (χ3n) is 5.32. The minimum Gasteiger partial charge on any atom is -0.417 e. The number of rotatable bonds is 8. The molecule has 3 heteroatoms. The molecule has 20 heavy (non-hydrogen) atoms. The van der Waals surface area contributed by atoms with Gasteiger partial charge in [0.1, 0.15) is 0 Å². The lowest BCUT2D eigenvalue weighted by Gasteiger charge is -2.45. The van der Waals surface area contributed by atoms with Crippen molar-refractivity contribution in [1.82, 2.24) is 0 Å². The van der Waals surface area contributed by atoms with Gasteiger partial charge in [-0.2, -0.15) is 0 Å². The fourth-order valence-electron chi connectivity index (χ4n) is 2.99. The molecule has 1 unspecified atom stereocenters. The van der Waals surface area contributed by atoms with Crippen LogP contribution in [0.2, 0.25) is 32.2 Å². The Bertz CT molecular complexity index is 297. The highest BCUT2D eigenvalue weighted by Crippen LogP contribution is 2.35. The van der Waals surface area contributed by atoms with E-state index in [1.54, 1.807) is 0 Å². The number of hydrogen-bond donors (Lipinski definition) is 0. The summed E-state index contributed by atoms with van der Waals surface area (Å²) in [6, 6.07) is 1.50. The second-order valence-corrected chi connectivity index (χ2v) is 22.8. The monoisotopic (exact) mass is 312 g/mol. The molecule has 1 aliphatic rings. The Labute approximate surface area is 129 Å². The first-order chi connectivity index (χ1) is 9.39. The number of unbranched alkanes of at least 4 members (excludes halogenated alkanes) is 5. The summed E-state index contributed by atoms with van der Waals surface area (Å²) in [7, 11) is -2.36. The lowest BCUT2D eigenvalue weighted by Crippen LogP contribution is -2.61. The molecular weight excluding hydrogens is 276 g/mol. The largest absolute Gasteiger partial charge is 0.417 e. The van der Waals surface area contributed by atoms with Crippen molar-refractivity contribution in [2.75, 3.05) is 0 Å². The Morgan fingerprint density at radius 2 is 1.65 bits per heavy atom. The predicted molar refractivity (Wildman–Crippen MR) is 96.4 cm³/mol. The zero-order valence-electron chi connectivity index (χ0n) is 14.5. The van der Waals surface area contributed by atoms with E-state index in [2.05, 4.69) is 45.3 Å². The normalized spacial score (nSPS) is 25.1. The third kappa shape index (κ3) is 5.86. The number of hydrogen-bond acceptors (Lipinski definition) is 1. The third-order valence-corrected chi connectivity index (χ3v) is 21.9. The van der Waals surface area contributed by atoms with E-state index in [4.69, 9.17) is 4.43 Å². The maximum Gasteiger partial charge on any atom is 0.174 e. The first-order valence-electron chi connectivity index (χ1n) is 8.68. The highest BCUT2D eigenvalue weighted by atomic mass is 29.3. The van der Waals surface area contributed by atoms with E-state index in [0.717, 1.165) is 0 Å². The molecule has 1 heterocycles. The van der Waals surface area contributed by atoms with E-state index in [9.17, 15) is 0 Å². The fraction of sp³-hybridized carbons (Fsp3) is 0.882. The van der Waals surface area contributed by atoms with Gasteiger partial charge in [-0.05, 0) is 45.7 Å². The van der Waals surface area contributed by atoms with Crippen LogP contribution in [0.1, 0.15) is 58.3 Å². The van der Waals surface area contributed by atoms with E-state index in [-0.39, 0.29) is 0 Å². The predicted octanol–water partition coefficient (Wildman–Crippen LogP) is 6.07. The molecule has 1 atom stereocenters. The molecule has 0 aromatic carbocycles. The molecule has 1 nitrogen and oxygen atoms in total. The molecule has 0 radical (unpaired) electrons. The minimum atomic E-state index is -1.34. The molecule has 0 amide bonds. The zero-order valence-corrected chi connectivity index (χ0v) is 16.5. The van der Waals surface area contributed by atoms with Crippen LogP contribution in [0.15, 0.2) is 12.2 Å². The van der Waals surface area contributed by atoms with Crippen molar-refractivity contribution in [1.29, 1.82) is 0 Å². The van der Waals surface area contributed by atoms with Crippen LogP contribution < -0.4 is 0 Å². The highest BCUT2D eigenvalue weighted by molar-refractivity contribution is 7.38. The SMILES string of the molecule is CC=CCCCCCCCC1CC[Si](C)(C)[Si](C)(C)O1. The van der Waals surface area contributed by atoms with Crippen molar-refractivity contribution in [3.8, 4) is 0 Å². The Morgan fingerprint density at radius 1 is 1.00 bits per heavy atom. The average Bonchev–Trinajstić information content (AvgIpc) is 2.37. The molecule has 0 saturated carbocycles. The maximum atomic E-state index is 6.54. The molecule has 1 rings (SSSR count). The summed E-state index contributed by atoms with van der Waals surface area (Å²) in [5, 5.41) is 0. The van der Waals surface area contributed by atoms with Gasteiger partial charge in [0.15, 0.2) is 7.83 Å². The van der Waals surface area contributed by atoms with Gasteiger partial charge >= 0.3 is 0 Å². The van der Waals surface area contributed by atoms with Crippen LogP contribution in [0.3, 0.4) is 0 Å². The minimum absolute atomic E-state index is 0.597. The van der Waals surface area contributed by atoms with Crippen LogP contribution in [0.25, 0.3) is 0 Å². The van der Waals surface area contributed by atoms with Gasteiger partial charge in [-0.3, -0.25) is 0 Å². The quantitative estimate of drug-likeness (QED) is 0.300. The van der Waals surface area contributed by atoms with Gasteiger partial charge in [-0.15, -0.1) is 0 Å². The molecule has 1 saturated heterocycles. The van der Waals surface area contributed by atoms with Gasteiger partial charge in [0.2, 0.25) is 0 Å². The summed E-state index contributed by atoms with van der Waals surface area (Å²) in [5.41, 5.74) is 0. The van der Waals surface area contributed by atoms with Crippen molar-refractivity contribution >= 4 is 15.4 Å². The van der Waals surface area contributed by atoms with E-state index >= 15 is 0 Å². The van der Waals surface area contributed by atoms with Crippen molar-refractivity contribution < 1.29 is 4.43 Å². The maximum absolute atomic E-state index is 6.54. The Morgan fingerprint density at radius 3 is 2.30 bits per heavy atom. The molecule has 1 aliphatic heterocycles. The van der Waals surface area contributed by atoms with Gasteiger partial charge in [0, 0.05) is 6.10 Å². The van der Waals surface area contributed by atoms with Crippen LogP contribution in [-0.4, -0.2) is 21.5 Å². The number of allylic oxidation sites excluding steroid dienone is 2. The smallest absolute Gasteiger partial charge is 0.174 e. The second-order valence-electron chi connectivity index (χ2n) is 7.59. The molecular formula is C17H36OSi2. The fourth-order valence-corrected chi connectivity index (χ4v) is 9.72. The van der Waals surface area contributed by atoms with Crippen molar-refractivity contribution in [2.24, 2.45) is 0 Å². The molecule has 1 fully saturated rings. The molecule has 0 spiro atoms. The zero-order chi connectivity index (χ0) is 15.1. The summed E-state index contributed by atoms with van der Waals surface area (Å²) in [5.74, 6) is 0. The first kappa shape index (κ1) is 18.2. The van der Waals surface area contributed by atoms with E-state index < -0.39 is 15.4 Å². The van der Waals surface area contributed by atoms with Gasteiger partial charge in [0.05, 0.1) is 7.59 Å². The van der Waals surface area contributed by atoms with Crippen LogP contribution in [0.5, 0.6) is 0 Å². The van der Waals surface area contributed by atoms with E-state index in [0.29, 0.717) is 6.10 Å². The summed E-state index contributed by atoms with van der Waals surface area (Å²) >= 11 is 0. The van der Waals surface area contributed by atoms with Crippen molar-refractivity contribution in [3.63, 3.8) is 0 Å². The summed E-state index contributed by atoms with van der Waals surface area (Å²) in [4.78, 5) is 0. The van der Waals surface area contributed by atoms with Gasteiger partial charge in [0.25, 0.3) is 0 Å². The van der Waals surface area contributed by atoms with Crippen LogP contribution in [0, 0.1) is 0 Å². The summed E-state index contributed by atoms with van der Waals surface area (Å²) in [6.07, 6.45) is 15.9. The molecule has 0 N–H and O–H groups in total. The first-order valence-corrected chi connectivity index (χ1v) is 15.8. The highest BCUT2D eigenvalue weighted by Gasteiger charge is 2.47. The van der Waals surface area contributed by atoms with Crippen LogP contribution in [-0.2, 0) is 4.43 Å². The van der Waals surface area contributed by atoms with Crippen molar-refractivity contribution in [2.45, 2.75) is 96.6 Å². The van der Waals surface area contributed by atoms with E-state index in [1.807, 2.05) is 0 Å². The summed E-state index contributed by atoms with van der Waals surface area (Å²) in [6.45, 7) is 12.1. The topological polar surface area (TPSA) is 9.23 Å². The Hall–Kier alpha value is 0.134. The summed E-state index contributed by atoms with van der Waals surface area (Å²) < 4.78 is 6.54. The van der Waals surface area contributed by atoms with Crippen LogP contribution >= 0.6 is 0 Å².